The molecular weight excluding hydrogens is 204 g/mol. The van der Waals surface area contributed by atoms with Crippen molar-refractivity contribution in [3.05, 3.63) is 23.4 Å². The number of nitrogens with two attached hydrogens (primary N) is 1. The number of nitrogens with zero attached hydrogens (tertiary/aromatic N) is 2. The average Bonchev–Trinajstić information content (AvgIpc) is 2.63. The molecule has 16 heavy (non-hydrogen) atoms. The lowest BCUT2D eigenvalue weighted by molar-refractivity contribution is 0.198. The molecule has 1 unspecified atom stereocenters. The lowest BCUT2D eigenvalue weighted by atomic mass is 10.1. The zero-order valence-electron chi connectivity index (χ0n) is 9.27. The molecule has 0 amide bonds. The second-order valence-electron chi connectivity index (χ2n) is 4.13. The molecule has 5 nitrogen and oxygen atoms in total. The van der Waals surface area contributed by atoms with Gasteiger partial charge in [0.2, 0.25) is 0 Å². The summed E-state index contributed by atoms with van der Waals surface area (Å²) >= 11 is 0. The van der Waals surface area contributed by atoms with Crippen LogP contribution in [0.15, 0.2) is 12.3 Å². The Kier molecular flexibility index (Phi) is 2.78. The Morgan fingerprint density at radius 3 is 3.00 bits per heavy atom. The highest BCUT2D eigenvalue weighted by molar-refractivity contribution is 6.01. The summed E-state index contributed by atoms with van der Waals surface area (Å²) in [5.74, 6) is 0.742. The number of β-amino-alcohol motifs (C(OH)–C–C–N with tert-alkyl or cyclic N) is 1. The molecule has 0 radical (unpaired) electrons. The molecule has 0 spiro atoms. The van der Waals surface area contributed by atoms with E-state index in [2.05, 4.69) is 4.98 Å². The Labute approximate surface area is 94.4 Å². The molecule has 5 heteroatoms. The van der Waals surface area contributed by atoms with Gasteiger partial charge in [-0.25, -0.2) is 4.98 Å². The van der Waals surface area contributed by atoms with Crippen molar-refractivity contribution in [2.75, 3.05) is 18.0 Å². The van der Waals surface area contributed by atoms with Crippen LogP contribution in [0.4, 0.5) is 5.82 Å². The van der Waals surface area contributed by atoms with Crippen LogP contribution in [0.3, 0.4) is 0 Å². The zero-order valence-corrected chi connectivity index (χ0v) is 9.27. The maximum absolute atomic E-state index is 9.51. The van der Waals surface area contributed by atoms with Crippen molar-refractivity contribution >= 4 is 11.7 Å². The zero-order chi connectivity index (χ0) is 11.7. The number of hydrogen-bond acceptors (Lipinski definition) is 4. The number of pyridine rings is 1. The monoisotopic (exact) mass is 220 g/mol. The van der Waals surface area contributed by atoms with Gasteiger partial charge in [-0.05, 0) is 25.0 Å². The number of nitrogens with one attached hydrogen (secondary N) is 1. The third kappa shape index (κ3) is 1.86. The fraction of sp³-hybridized carbons (Fsp3) is 0.455. The smallest absolute Gasteiger partial charge is 0.139 e. The molecule has 1 aliphatic heterocycles. The minimum absolute atomic E-state index is 0.0296. The second kappa shape index (κ2) is 4.09. The van der Waals surface area contributed by atoms with Crippen molar-refractivity contribution in [3.63, 3.8) is 0 Å². The number of aromatic nitrogens is 1. The van der Waals surface area contributed by atoms with Gasteiger partial charge < -0.3 is 15.7 Å². The van der Waals surface area contributed by atoms with E-state index in [0.717, 1.165) is 18.5 Å². The summed E-state index contributed by atoms with van der Waals surface area (Å²) in [6, 6.07) is 1.84. The maximum atomic E-state index is 9.51. The van der Waals surface area contributed by atoms with Crippen molar-refractivity contribution in [3.8, 4) is 0 Å². The minimum Gasteiger partial charge on any atom is -0.391 e. The van der Waals surface area contributed by atoms with Gasteiger partial charge >= 0.3 is 0 Å². The third-order valence-corrected chi connectivity index (χ3v) is 2.87. The van der Waals surface area contributed by atoms with Crippen LogP contribution in [-0.4, -0.2) is 35.1 Å². The standard InChI is InChI=1S/C11H16N4O/c1-7-2-4-14-11(9(7)10(12)13)15-5-3-8(16)6-15/h2,4,8,16H,3,5-6H2,1H3,(H3,12,13). The molecule has 1 fully saturated rings. The van der Waals surface area contributed by atoms with Gasteiger partial charge in [-0.1, -0.05) is 0 Å². The summed E-state index contributed by atoms with van der Waals surface area (Å²) in [5.41, 5.74) is 7.19. The fourth-order valence-corrected chi connectivity index (χ4v) is 2.05. The molecule has 1 aromatic heterocycles. The van der Waals surface area contributed by atoms with Crippen LogP contribution in [-0.2, 0) is 0 Å². The molecule has 1 aromatic rings. The lowest BCUT2D eigenvalue weighted by Gasteiger charge is -2.20. The first-order chi connectivity index (χ1) is 7.59. The lowest BCUT2D eigenvalue weighted by Crippen LogP contribution is -2.26. The molecule has 1 aliphatic rings. The fourth-order valence-electron chi connectivity index (χ4n) is 2.05. The van der Waals surface area contributed by atoms with Gasteiger partial charge in [-0.2, -0.15) is 0 Å². The van der Waals surface area contributed by atoms with Crippen LogP contribution in [0.2, 0.25) is 0 Å². The van der Waals surface area contributed by atoms with Crippen molar-refractivity contribution < 1.29 is 5.11 Å². The maximum Gasteiger partial charge on any atom is 0.139 e. The number of amidine groups is 1. The highest BCUT2D eigenvalue weighted by Gasteiger charge is 2.24. The summed E-state index contributed by atoms with van der Waals surface area (Å²) in [6.07, 6.45) is 2.15. The predicted octanol–water partition coefficient (Wildman–Crippen LogP) is 0.245. The van der Waals surface area contributed by atoms with Crippen LogP contribution < -0.4 is 10.6 Å². The van der Waals surface area contributed by atoms with E-state index >= 15 is 0 Å². The highest BCUT2D eigenvalue weighted by Crippen LogP contribution is 2.24. The Balaban J connectivity index is 2.40. The number of hydrogen-bond donors (Lipinski definition) is 3. The predicted molar refractivity (Wildman–Crippen MR) is 62.8 cm³/mol. The highest BCUT2D eigenvalue weighted by atomic mass is 16.3. The van der Waals surface area contributed by atoms with Gasteiger partial charge in [0, 0.05) is 19.3 Å². The van der Waals surface area contributed by atoms with Crippen molar-refractivity contribution in [1.29, 1.82) is 5.41 Å². The molecule has 0 saturated carbocycles. The van der Waals surface area contributed by atoms with Crippen LogP contribution in [0.25, 0.3) is 0 Å². The van der Waals surface area contributed by atoms with Gasteiger partial charge in [-0.15, -0.1) is 0 Å². The van der Waals surface area contributed by atoms with E-state index in [1.165, 1.54) is 0 Å². The Morgan fingerprint density at radius 2 is 2.44 bits per heavy atom. The van der Waals surface area contributed by atoms with E-state index in [1.807, 2.05) is 17.9 Å². The molecule has 2 heterocycles. The van der Waals surface area contributed by atoms with E-state index in [4.69, 9.17) is 11.1 Å². The number of anilines is 1. The van der Waals surface area contributed by atoms with Crippen molar-refractivity contribution in [2.45, 2.75) is 19.4 Å². The average molecular weight is 220 g/mol. The van der Waals surface area contributed by atoms with Crippen molar-refractivity contribution in [2.24, 2.45) is 5.73 Å². The van der Waals surface area contributed by atoms with Crippen molar-refractivity contribution in [1.82, 2.24) is 4.98 Å². The quantitative estimate of drug-likeness (QED) is 0.492. The second-order valence-corrected chi connectivity index (χ2v) is 4.13. The van der Waals surface area contributed by atoms with E-state index in [9.17, 15) is 5.11 Å². The normalized spacial score (nSPS) is 20.1. The van der Waals surface area contributed by atoms with Gasteiger partial charge in [0.25, 0.3) is 0 Å². The van der Waals surface area contributed by atoms with E-state index in [0.29, 0.717) is 17.9 Å². The Morgan fingerprint density at radius 1 is 1.69 bits per heavy atom. The Hall–Kier alpha value is -1.62. The Bertz CT molecular complexity index is 418. The van der Waals surface area contributed by atoms with Gasteiger partial charge in [0.05, 0.1) is 11.7 Å². The van der Waals surface area contributed by atoms with E-state index in [1.54, 1.807) is 6.20 Å². The molecule has 1 saturated heterocycles. The molecule has 2 rings (SSSR count). The number of aliphatic hydroxyl groups is 1. The molecular formula is C11H16N4O. The first kappa shape index (κ1) is 10.9. The summed E-state index contributed by atoms with van der Waals surface area (Å²) in [6.45, 7) is 3.24. The number of aryl methyl sites for hydroxylation is 1. The number of aliphatic hydroxyl groups excluding tert-OH is 1. The first-order valence-electron chi connectivity index (χ1n) is 5.32. The topological polar surface area (TPSA) is 86.2 Å². The van der Waals surface area contributed by atoms with Gasteiger partial charge in [-0.3, -0.25) is 5.41 Å². The largest absolute Gasteiger partial charge is 0.391 e. The van der Waals surface area contributed by atoms with Gasteiger partial charge in [0.1, 0.15) is 11.7 Å². The summed E-state index contributed by atoms with van der Waals surface area (Å²) in [7, 11) is 0. The molecule has 0 aromatic carbocycles. The minimum atomic E-state index is -0.304. The molecule has 86 valence electrons. The molecule has 0 aliphatic carbocycles. The van der Waals surface area contributed by atoms with Crippen LogP contribution in [0.5, 0.6) is 0 Å². The van der Waals surface area contributed by atoms with E-state index in [-0.39, 0.29) is 11.9 Å². The first-order valence-corrected chi connectivity index (χ1v) is 5.32. The summed E-state index contributed by atoms with van der Waals surface area (Å²) in [4.78, 5) is 6.25. The van der Waals surface area contributed by atoms with E-state index < -0.39 is 0 Å². The number of nitrogen functional groups attached to an aromatic ring is 1. The number of rotatable bonds is 2. The van der Waals surface area contributed by atoms with Gasteiger partial charge in [0.15, 0.2) is 0 Å². The summed E-state index contributed by atoms with van der Waals surface area (Å²) < 4.78 is 0. The van der Waals surface area contributed by atoms with Crippen LogP contribution >= 0.6 is 0 Å². The molecule has 4 N–H and O–H groups in total. The SMILES string of the molecule is Cc1ccnc(N2CCC(O)C2)c1C(=N)N. The van der Waals surface area contributed by atoms with Crippen LogP contribution in [0.1, 0.15) is 17.5 Å². The molecule has 1 atom stereocenters. The van der Waals surface area contributed by atoms with Crippen LogP contribution in [0, 0.1) is 12.3 Å². The molecule has 0 bridgehead atoms. The third-order valence-electron chi connectivity index (χ3n) is 2.87. The summed E-state index contributed by atoms with van der Waals surface area (Å²) in [5, 5.41) is 17.1.